The molecule has 0 radical (unpaired) electrons. The lowest BCUT2D eigenvalue weighted by Gasteiger charge is -2.06. The Hall–Kier alpha value is -4.26. The van der Waals surface area contributed by atoms with E-state index in [1.54, 1.807) is 25.4 Å². The van der Waals surface area contributed by atoms with Gasteiger partial charge in [0.15, 0.2) is 12.3 Å². The summed E-state index contributed by atoms with van der Waals surface area (Å²) in [5.74, 6) is -0.910. The van der Waals surface area contributed by atoms with Gasteiger partial charge >= 0.3 is 5.97 Å². The van der Waals surface area contributed by atoms with Crippen molar-refractivity contribution in [2.75, 3.05) is 6.61 Å². The van der Waals surface area contributed by atoms with Crippen LogP contribution >= 0.6 is 0 Å². The van der Waals surface area contributed by atoms with E-state index in [0.717, 1.165) is 16.5 Å². The van der Waals surface area contributed by atoms with Crippen molar-refractivity contribution in [2.24, 2.45) is 0 Å². The van der Waals surface area contributed by atoms with Gasteiger partial charge in [-0.3, -0.25) is 4.79 Å². The Balaban J connectivity index is 1.47. The Bertz CT molecular complexity index is 1430. The maximum Gasteiger partial charge on any atom is 0.344 e. The van der Waals surface area contributed by atoms with E-state index in [-0.39, 0.29) is 18.0 Å². The molecule has 0 aliphatic carbocycles. The fourth-order valence-electron chi connectivity index (χ4n) is 3.76. The number of nitrogens with one attached hydrogen (secondary N) is 1. The van der Waals surface area contributed by atoms with Gasteiger partial charge in [-0.25, -0.2) is 14.3 Å². The molecule has 0 atom stereocenters. The number of esters is 1. The number of ether oxygens (including phenoxy) is 1. The third-order valence-electron chi connectivity index (χ3n) is 5.16. The molecule has 0 saturated carbocycles. The van der Waals surface area contributed by atoms with Crippen LogP contribution in [0.1, 0.15) is 26.4 Å². The molecule has 152 valence electrons. The molecule has 7 heteroatoms. The molecule has 31 heavy (non-hydrogen) atoms. The Morgan fingerprint density at radius 3 is 2.61 bits per heavy atom. The summed E-state index contributed by atoms with van der Waals surface area (Å²) in [5, 5.41) is 5.06. The van der Waals surface area contributed by atoms with Crippen molar-refractivity contribution in [2.45, 2.75) is 6.92 Å². The summed E-state index contributed by atoms with van der Waals surface area (Å²) >= 11 is 0. The van der Waals surface area contributed by atoms with E-state index in [2.05, 4.69) is 15.1 Å². The molecule has 0 fully saturated rings. The van der Waals surface area contributed by atoms with Crippen LogP contribution in [0.15, 0.2) is 73.1 Å². The largest absolute Gasteiger partial charge is 0.454 e. The number of hydrogen-bond donors (Lipinski definition) is 1. The number of rotatable bonds is 5. The summed E-state index contributed by atoms with van der Waals surface area (Å²) in [6.45, 7) is 1.32. The van der Waals surface area contributed by atoms with Crippen LogP contribution in [0.4, 0.5) is 0 Å². The second kappa shape index (κ2) is 7.53. The maximum absolute atomic E-state index is 13.2. The number of para-hydroxylation sites is 1. The lowest BCUT2D eigenvalue weighted by molar-refractivity contribution is 0.0476. The van der Waals surface area contributed by atoms with E-state index in [4.69, 9.17) is 4.74 Å². The normalized spacial score (nSPS) is 11.1. The van der Waals surface area contributed by atoms with Gasteiger partial charge in [-0.2, -0.15) is 5.10 Å². The van der Waals surface area contributed by atoms with Crippen molar-refractivity contribution in [3.63, 3.8) is 0 Å². The number of carbonyl (C=O) groups excluding carboxylic acids is 2. The fourth-order valence-corrected chi connectivity index (χ4v) is 3.76. The van der Waals surface area contributed by atoms with Crippen molar-refractivity contribution in [1.29, 1.82) is 0 Å². The molecule has 1 N–H and O–H groups in total. The smallest absolute Gasteiger partial charge is 0.344 e. The fraction of sp³-hybridized carbons (Fsp3) is 0.0833. The lowest BCUT2D eigenvalue weighted by Crippen LogP contribution is -2.15. The van der Waals surface area contributed by atoms with Crippen molar-refractivity contribution >= 4 is 28.3 Å². The monoisotopic (exact) mass is 410 g/mol. The van der Waals surface area contributed by atoms with E-state index in [9.17, 15) is 9.59 Å². The summed E-state index contributed by atoms with van der Waals surface area (Å²) in [6, 6.07) is 18.9. The van der Waals surface area contributed by atoms with E-state index < -0.39 is 5.97 Å². The van der Waals surface area contributed by atoms with Crippen LogP contribution in [0.5, 0.6) is 0 Å². The first-order valence-corrected chi connectivity index (χ1v) is 9.80. The van der Waals surface area contributed by atoms with Crippen molar-refractivity contribution in [3.8, 4) is 11.3 Å². The summed E-state index contributed by atoms with van der Waals surface area (Å²) in [5.41, 5.74) is 4.09. The first-order chi connectivity index (χ1) is 15.1. The average molecular weight is 410 g/mol. The number of Topliss-reactive ketones (excluding diaryl/α,β-unsaturated/α-hetero) is 1. The second-order valence-corrected chi connectivity index (χ2v) is 7.13. The van der Waals surface area contributed by atoms with Crippen LogP contribution in [0, 0.1) is 6.92 Å². The lowest BCUT2D eigenvalue weighted by atomic mass is 10.0. The summed E-state index contributed by atoms with van der Waals surface area (Å²) in [7, 11) is 0. The number of fused-ring (bicyclic) bond motifs is 2. The number of hydrogen-bond acceptors (Lipinski definition) is 5. The quantitative estimate of drug-likeness (QED) is 0.346. The standard InChI is InChI=1S/C24H18N4O3/c1-15-20(23-25-12-7-13-28(23)27-15)24(30)31-14-19(29)21-17-10-5-6-11-18(17)26-22(21)16-8-3-2-4-9-16/h2-13,26H,14H2,1H3. The molecule has 0 saturated heterocycles. The molecule has 0 bridgehead atoms. The number of aromatic nitrogens is 4. The summed E-state index contributed by atoms with van der Waals surface area (Å²) in [6.07, 6.45) is 3.28. The van der Waals surface area contributed by atoms with Gasteiger partial charge in [-0.1, -0.05) is 48.5 Å². The molecule has 0 unspecified atom stereocenters. The number of benzene rings is 2. The number of nitrogens with zero attached hydrogens (tertiary/aromatic N) is 3. The van der Waals surface area contributed by atoms with Crippen LogP contribution < -0.4 is 0 Å². The minimum absolute atomic E-state index is 0.260. The van der Waals surface area contributed by atoms with Gasteiger partial charge in [0, 0.05) is 23.3 Å². The van der Waals surface area contributed by atoms with E-state index in [1.807, 2.05) is 54.6 Å². The third-order valence-corrected chi connectivity index (χ3v) is 5.16. The zero-order valence-electron chi connectivity index (χ0n) is 16.7. The Morgan fingerprint density at radius 2 is 1.77 bits per heavy atom. The molecule has 3 heterocycles. The number of aryl methyl sites for hydroxylation is 1. The van der Waals surface area contributed by atoms with Gasteiger partial charge < -0.3 is 9.72 Å². The molecular formula is C24H18N4O3. The number of H-pyrrole nitrogens is 1. The predicted octanol–water partition coefficient (Wildman–Crippen LogP) is 4.23. The number of carbonyl (C=O) groups is 2. The van der Waals surface area contributed by atoms with Crippen LogP contribution in [-0.2, 0) is 4.74 Å². The Labute approximate surface area is 177 Å². The maximum atomic E-state index is 13.2. The number of ketones is 1. The third kappa shape index (κ3) is 3.26. The van der Waals surface area contributed by atoms with Crippen LogP contribution in [-0.4, -0.2) is 37.9 Å². The molecule has 2 aromatic carbocycles. The highest BCUT2D eigenvalue weighted by atomic mass is 16.5. The minimum Gasteiger partial charge on any atom is -0.454 e. The molecule has 5 aromatic rings. The zero-order chi connectivity index (χ0) is 21.4. The van der Waals surface area contributed by atoms with Gasteiger partial charge in [0.1, 0.15) is 5.56 Å². The van der Waals surface area contributed by atoms with Gasteiger partial charge in [-0.05, 0) is 24.6 Å². The van der Waals surface area contributed by atoms with E-state index in [0.29, 0.717) is 22.6 Å². The summed E-state index contributed by atoms with van der Waals surface area (Å²) in [4.78, 5) is 33.5. The molecule has 0 spiro atoms. The molecule has 3 aromatic heterocycles. The molecule has 0 aliphatic heterocycles. The van der Waals surface area contributed by atoms with Crippen molar-refractivity contribution < 1.29 is 14.3 Å². The highest BCUT2D eigenvalue weighted by Crippen LogP contribution is 2.30. The Kier molecular flexibility index (Phi) is 4.55. The molecule has 5 rings (SSSR count). The minimum atomic E-state index is -0.624. The topological polar surface area (TPSA) is 89.3 Å². The van der Waals surface area contributed by atoms with Crippen LogP contribution in [0.2, 0.25) is 0 Å². The van der Waals surface area contributed by atoms with Crippen LogP contribution in [0.25, 0.3) is 27.8 Å². The number of aromatic amines is 1. The SMILES string of the molecule is Cc1nn2cccnc2c1C(=O)OCC(=O)c1c(-c2ccccc2)[nH]c2ccccc12. The average Bonchev–Trinajstić information content (AvgIpc) is 3.35. The van der Waals surface area contributed by atoms with Gasteiger partial charge in [0.25, 0.3) is 0 Å². The van der Waals surface area contributed by atoms with Crippen LogP contribution in [0.3, 0.4) is 0 Å². The molecular weight excluding hydrogens is 392 g/mol. The zero-order valence-corrected chi connectivity index (χ0v) is 16.7. The van der Waals surface area contributed by atoms with Gasteiger partial charge in [0.2, 0.25) is 5.78 Å². The van der Waals surface area contributed by atoms with E-state index in [1.165, 1.54) is 4.52 Å². The molecule has 0 amide bonds. The molecule has 0 aliphatic rings. The highest BCUT2D eigenvalue weighted by molar-refractivity contribution is 6.14. The van der Waals surface area contributed by atoms with Gasteiger partial charge in [0.05, 0.1) is 17.0 Å². The highest BCUT2D eigenvalue weighted by Gasteiger charge is 2.24. The molecule has 7 nitrogen and oxygen atoms in total. The van der Waals surface area contributed by atoms with Crippen molar-refractivity contribution in [1.82, 2.24) is 19.6 Å². The second-order valence-electron chi connectivity index (χ2n) is 7.13. The van der Waals surface area contributed by atoms with Gasteiger partial charge in [-0.15, -0.1) is 0 Å². The predicted molar refractivity (Wildman–Crippen MR) is 116 cm³/mol. The summed E-state index contributed by atoms with van der Waals surface area (Å²) < 4.78 is 6.92. The van der Waals surface area contributed by atoms with E-state index >= 15 is 0 Å². The first-order valence-electron chi connectivity index (χ1n) is 9.80. The first kappa shape index (κ1) is 18.7. The van der Waals surface area contributed by atoms with Crippen molar-refractivity contribution in [3.05, 3.63) is 89.9 Å². The Morgan fingerprint density at radius 1 is 1.00 bits per heavy atom.